The van der Waals surface area contributed by atoms with E-state index in [1.807, 2.05) is 6.07 Å². The lowest BCUT2D eigenvalue weighted by atomic mass is 10.00. The SMILES string of the molecule is CCC(N)C(OC1CCCCCC1)c1cccc(Br)c1. The Kier molecular flexibility index (Phi) is 6.53. The first-order valence-corrected chi connectivity index (χ1v) is 8.66. The van der Waals surface area contributed by atoms with Gasteiger partial charge in [0.15, 0.2) is 0 Å². The third-order valence-corrected chi connectivity index (χ3v) is 4.67. The predicted octanol–water partition coefficient (Wildman–Crippen LogP) is 4.97. The van der Waals surface area contributed by atoms with Crippen LogP contribution in [0.5, 0.6) is 0 Å². The maximum Gasteiger partial charge on any atom is 0.0979 e. The summed E-state index contributed by atoms with van der Waals surface area (Å²) in [6.07, 6.45) is 8.96. The summed E-state index contributed by atoms with van der Waals surface area (Å²) < 4.78 is 7.51. The Bertz CT molecular complexity index is 402. The molecule has 2 unspecified atom stereocenters. The summed E-state index contributed by atoms with van der Waals surface area (Å²) in [5, 5.41) is 0. The average Bonchev–Trinajstić information content (AvgIpc) is 2.72. The molecule has 1 aliphatic carbocycles. The number of nitrogens with two attached hydrogens (primary N) is 1. The highest BCUT2D eigenvalue weighted by Gasteiger charge is 2.24. The molecule has 112 valence electrons. The molecule has 1 aliphatic rings. The van der Waals surface area contributed by atoms with Gasteiger partial charge < -0.3 is 10.5 Å². The van der Waals surface area contributed by atoms with Crippen LogP contribution in [0, 0.1) is 0 Å². The normalized spacial score (nSPS) is 20.4. The number of halogens is 1. The van der Waals surface area contributed by atoms with E-state index >= 15 is 0 Å². The fourth-order valence-electron chi connectivity index (χ4n) is 2.91. The summed E-state index contributed by atoms with van der Waals surface area (Å²) in [5.41, 5.74) is 7.51. The molecule has 2 rings (SSSR count). The zero-order valence-electron chi connectivity index (χ0n) is 12.4. The Labute approximate surface area is 131 Å². The van der Waals surface area contributed by atoms with Crippen molar-refractivity contribution in [2.45, 2.75) is 70.1 Å². The van der Waals surface area contributed by atoms with Crippen LogP contribution in [-0.2, 0) is 4.74 Å². The van der Waals surface area contributed by atoms with Gasteiger partial charge in [0, 0.05) is 10.5 Å². The third kappa shape index (κ3) is 4.57. The summed E-state index contributed by atoms with van der Waals surface area (Å²) in [7, 11) is 0. The van der Waals surface area contributed by atoms with E-state index in [1.165, 1.54) is 44.1 Å². The van der Waals surface area contributed by atoms with Crippen molar-refractivity contribution in [3.63, 3.8) is 0 Å². The summed E-state index contributed by atoms with van der Waals surface area (Å²) in [4.78, 5) is 0. The van der Waals surface area contributed by atoms with E-state index in [1.54, 1.807) is 0 Å². The molecule has 0 aliphatic heterocycles. The maximum atomic E-state index is 6.42. The van der Waals surface area contributed by atoms with Crippen molar-refractivity contribution in [1.82, 2.24) is 0 Å². The Morgan fingerprint density at radius 3 is 2.55 bits per heavy atom. The molecule has 1 aromatic carbocycles. The highest BCUT2D eigenvalue weighted by atomic mass is 79.9. The second-order valence-corrected chi connectivity index (χ2v) is 6.71. The minimum atomic E-state index is 0.0144. The fraction of sp³-hybridized carbons (Fsp3) is 0.647. The topological polar surface area (TPSA) is 35.2 Å². The van der Waals surface area contributed by atoms with Gasteiger partial charge in [-0.05, 0) is 37.0 Å². The van der Waals surface area contributed by atoms with Gasteiger partial charge in [0.1, 0.15) is 0 Å². The third-order valence-electron chi connectivity index (χ3n) is 4.18. The first kappa shape index (κ1) is 16.0. The lowest BCUT2D eigenvalue weighted by Crippen LogP contribution is -2.32. The molecular formula is C17H26BrNO. The van der Waals surface area contributed by atoms with E-state index in [9.17, 15) is 0 Å². The molecule has 2 nitrogen and oxygen atoms in total. The van der Waals surface area contributed by atoms with E-state index < -0.39 is 0 Å². The number of hydrogen-bond donors (Lipinski definition) is 1. The molecule has 0 radical (unpaired) electrons. The van der Waals surface area contributed by atoms with Crippen LogP contribution in [0.15, 0.2) is 28.7 Å². The van der Waals surface area contributed by atoms with Crippen molar-refractivity contribution >= 4 is 15.9 Å². The highest BCUT2D eigenvalue weighted by molar-refractivity contribution is 9.10. The van der Waals surface area contributed by atoms with Crippen LogP contribution in [-0.4, -0.2) is 12.1 Å². The average molecular weight is 340 g/mol. The molecule has 0 spiro atoms. The van der Waals surface area contributed by atoms with Gasteiger partial charge >= 0.3 is 0 Å². The van der Waals surface area contributed by atoms with Crippen LogP contribution < -0.4 is 5.73 Å². The molecule has 0 heterocycles. The molecule has 1 saturated carbocycles. The van der Waals surface area contributed by atoms with Crippen molar-refractivity contribution in [1.29, 1.82) is 0 Å². The van der Waals surface area contributed by atoms with Crippen molar-refractivity contribution in [2.24, 2.45) is 5.73 Å². The van der Waals surface area contributed by atoms with Crippen LogP contribution in [0.4, 0.5) is 0 Å². The highest BCUT2D eigenvalue weighted by Crippen LogP contribution is 2.30. The summed E-state index contributed by atoms with van der Waals surface area (Å²) >= 11 is 3.54. The molecule has 1 aromatic rings. The summed E-state index contributed by atoms with van der Waals surface area (Å²) in [6, 6.07) is 8.43. The number of benzene rings is 1. The zero-order chi connectivity index (χ0) is 14.4. The first-order valence-electron chi connectivity index (χ1n) is 7.87. The fourth-order valence-corrected chi connectivity index (χ4v) is 3.33. The second kappa shape index (κ2) is 8.16. The second-order valence-electron chi connectivity index (χ2n) is 5.80. The van der Waals surface area contributed by atoms with Crippen LogP contribution >= 0.6 is 15.9 Å². The Morgan fingerprint density at radius 1 is 1.25 bits per heavy atom. The molecule has 3 heteroatoms. The van der Waals surface area contributed by atoms with E-state index in [0.717, 1.165) is 10.9 Å². The van der Waals surface area contributed by atoms with Crippen molar-refractivity contribution in [3.8, 4) is 0 Å². The van der Waals surface area contributed by atoms with Gasteiger partial charge in [-0.15, -0.1) is 0 Å². The molecular weight excluding hydrogens is 314 g/mol. The summed E-state index contributed by atoms with van der Waals surface area (Å²) in [5.74, 6) is 0. The number of hydrogen-bond acceptors (Lipinski definition) is 2. The largest absolute Gasteiger partial charge is 0.369 e. The van der Waals surface area contributed by atoms with E-state index in [2.05, 4.69) is 41.1 Å². The van der Waals surface area contributed by atoms with Gasteiger partial charge in [-0.3, -0.25) is 0 Å². The molecule has 0 saturated heterocycles. The summed E-state index contributed by atoms with van der Waals surface area (Å²) in [6.45, 7) is 2.13. The van der Waals surface area contributed by atoms with Gasteiger partial charge in [-0.25, -0.2) is 0 Å². The molecule has 1 fully saturated rings. The lowest BCUT2D eigenvalue weighted by molar-refractivity contribution is -0.0341. The molecule has 20 heavy (non-hydrogen) atoms. The Morgan fingerprint density at radius 2 is 1.95 bits per heavy atom. The minimum absolute atomic E-state index is 0.0144. The van der Waals surface area contributed by atoms with Crippen molar-refractivity contribution in [3.05, 3.63) is 34.3 Å². The molecule has 0 aromatic heterocycles. The van der Waals surface area contributed by atoms with Crippen LogP contribution in [0.3, 0.4) is 0 Å². The van der Waals surface area contributed by atoms with E-state index in [4.69, 9.17) is 10.5 Å². The predicted molar refractivity (Wildman–Crippen MR) is 87.7 cm³/mol. The molecule has 2 N–H and O–H groups in total. The van der Waals surface area contributed by atoms with E-state index in [-0.39, 0.29) is 12.1 Å². The smallest absolute Gasteiger partial charge is 0.0979 e. The quantitative estimate of drug-likeness (QED) is 0.769. The number of ether oxygens (including phenoxy) is 1. The van der Waals surface area contributed by atoms with Crippen LogP contribution in [0.25, 0.3) is 0 Å². The van der Waals surface area contributed by atoms with E-state index in [0.29, 0.717) is 6.10 Å². The first-order chi connectivity index (χ1) is 9.70. The molecule has 2 atom stereocenters. The van der Waals surface area contributed by atoms with Crippen molar-refractivity contribution in [2.75, 3.05) is 0 Å². The van der Waals surface area contributed by atoms with Gasteiger partial charge in [-0.2, -0.15) is 0 Å². The van der Waals surface area contributed by atoms with Crippen LogP contribution in [0.1, 0.15) is 63.5 Å². The zero-order valence-corrected chi connectivity index (χ0v) is 13.9. The van der Waals surface area contributed by atoms with Crippen LogP contribution in [0.2, 0.25) is 0 Å². The molecule has 0 bridgehead atoms. The Balaban J connectivity index is 2.10. The maximum absolute atomic E-state index is 6.42. The van der Waals surface area contributed by atoms with Gasteiger partial charge in [0.25, 0.3) is 0 Å². The van der Waals surface area contributed by atoms with Crippen molar-refractivity contribution < 1.29 is 4.74 Å². The number of rotatable bonds is 5. The van der Waals surface area contributed by atoms with Gasteiger partial charge in [0.05, 0.1) is 12.2 Å². The van der Waals surface area contributed by atoms with Gasteiger partial charge in [-0.1, -0.05) is 60.7 Å². The van der Waals surface area contributed by atoms with Gasteiger partial charge in [0.2, 0.25) is 0 Å². The monoisotopic (exact) mass is 339 g/mol. The lowest BCUT2D eigenvalue weighted by Gasteiger charge is -2.28. The molecule has 0 amide bonds. The minimum Gasteiger partial charge on any atom is -0.369 e. The Hall–Kier alpha value is -0.380. The standard InChI is InChI=1S/C17H26BrNO/c1-2-16(19)17(13-8-7-9-14(18)12-13)20-15-10-5-3-4-6-11-15/h7-9,12,15-17H,2-6,10-11,19H2,1H3.